The highest BCUT2D eigenvalue weighted by Crippen LogP contribution is 2.24. The molecule has 2 aromatic carbocycles. The molecule has 6 nitrogen and oxygen atoms in total. The van der Waals surface area contributed by atoms with Gasteiger partial charge in [0.2, 0.25) is 5.91 Å². The number of methoxy groups -OCH3 is 1. The number of benzene rings is 2. The molecule has 1 aliphatic rings. The number of carbonyl (C=O) groups excluding carboxylic acids is 2. The van der Waals surface area contributed by atoms with Gasteiger partial charge in [-0.3, -0.25) is 14.5 Å². The average molecular weight is 416 g/mol. The summed E-state index contributed by atoms with van der Waals surface area (Å²) in [5.74, 6) is -0.318. The minimum Gasteiger partial charge on any atom is -0.383 e. The number of hydrogen-bond donors (Lipinski definition) is 2. The summed E-state index contributed by atoms with van der Waals surface area (Å²) < 4.78 is 4.92. The lowest BCUT2D eigenvalue weighted by molar-refractivity contribution is -0.120. The van der Waals surface area contributed by atoms with Crippen LogP contribution in [0, 0.1) is 0 Å². The van der Waals surface area contributed by atoms with Crippen molar-refractivity contribution in [3.05, 3.63) is 64.7 Å². The largest absolute Gasteiger partial charge is 0.383 e. The monoisotopic (exact) mass is 415 g/mol. The molecule has 1 fully saturated rings. The lowest BCUT2D eigenvalue weighted by atomic mass is 10.1. The van der Waals surface area contributed by atoms with E-state index >= 15 is 0 Å². The van der Waals surface area contributed by atoms with E-state index in [0.29, 0.717) is 29.4 Å². The van der Waals surface area contributed by atoms with Gasteiger partial charge in [-0.1, -0.05) is 41.9 Å². The molecule has 1 heterocycles. The zero-order valence-corrected chi connectivity index (χ0v) is 17.2. The van der Waals surface area contributed by atoms with Gasteiger partial charge in [-0.15, -0.1) is 0 Å². The second-order valence-electron chi connectivity index (χ2n) is 7.05. The number of carbonyl (C=O) groups is 2. The second kappa shape index (κ2) is 10.4. The third kappa shape index (κ3) is 5.79. The van der Waals surface area contributed by atoms with E-state index in [1.807, 2.05) is 18.2 Å². The number of amides is 2. The van der Waals surface area contributed by atoms with Gasteiger partial charge in [0, 0.05) is 25.9 Å². The summed E-state index contributed by atoms with van der Waals surface area (Å²) in [5, 5.41) is 5.97. The van der Waals surface area contributed by atoms with Crippen molar-refractivity contribution < 1.29 is 14.3 Å². The van der Waals surface area contributed by atoms with Crippen molar-refractivity contribution in [1.29, 1.82) is 0 Å². The van der Waals surface area contributed by atoms with E-state index in [1.165, 1.54) is 5.56 Å². The third-order valence-corrected chi connectivity index (χ3v) is 5.28. The predicted octanol–water partition coefficient (Wildman–Crippen LogP) is 3.32. The van der Waals surface area contributed by atoms with E-state index in [0.717, 1.165) is 25.9 Å². The van der Waals surface area contributed by atoms with Gasteiger partial charge in [0.1, 0.15) is 0 Å². The van der Waals surface area contributed by atoms with Crippen LogP contribution in [0.25, 0.3) is 0 Å². The first kappa shape index (κ1) is 21.3. The van der Waals surface area contributed by atoms with E-state index in [2.05, 4.69) is 27.7 Å². The SMILES string of the molecule is COCCNC(=O)c1ccc(NC(=O)C2CCCN2Cc2ccccc2)cc1Cl. The third-order valence-electron chi connectivity index (χ3n) is 4.97. The molecule has 7 heteroatoms. The van der Waals surface area contributed by atoms with Gasteiger partial charge in [-0.05, 0) is 43.1 Å². The van der Waals surface area contributed by atoms with E-state index in [4.69, 9.17) is 16.3 Å². The number of halogens is 1. The first-order valence-electron chi connectivity index (χ1n) is 9.74. The molecule has 1 unspecified atom stereocenters. The van der Waals surface area contributed by atoms with E-state index < -0.39 is 0 Å². The quantitative estimate of drug-likeness (QED) is 0.649. The number of hydrogen-bond acceptors (Lipinski definition) is 4. The predicted molar refractivity (Wildman–Crippen MR) is 114 cm³/mol. The van der Waals surface area contributed by atoms with Gasteiger partial charge in [0.05, 0.1) is 23.2 Å². The molecule has 0 spiro atoms. The molecule has 1 saturated heterocycles. The minimum atomic E-state index is -0.269. The number of rotatable bonds is 8. The molecule has 29 heavy (non-hydrogen) atoms. The summed E-state index contributed by atoms with van der Waals surface area (Å²) in [6.07, 6.45) is 1.82. The summed E-state index contributed by atoms with van der Waals surface area (Å²) in [6, 6.07) is 14.9. The smallest absolute Gasteiger partial charge is 0.252 e. The van der Waals surface area contributed by atoms with Crippen molar-refractivity contribution in [2.24, 2.45) is 0 Å². The van der Waals surface area contributed by atoms with E-state index in [9.17, 15) is 9.59 Å². The normalized spacial score (nSPS) is 16.6. The van der Waals surface area contributed by atoms with E-state index in [-0.39, 0.29) is 17.9 Å². The van der Waals surface area contributed by atoms with Gasteiger partial charge in [0.25, 0.3) is 5.91 Å². The summed E-state index contributed by atoms with van der Waals surface area (Å²) in [4.78, 5) is 27.2. The zero-order chi connectivity index (χ0) is 20.6. The Morgan fingerprint density at radius 3 is 2.72 bits per heavy atom. The molecule has 0 saturated carbocycles. The average Bonchev–Trinajstić information content (AvgIpc) is 3.17. The Morgan fingerprint density at radius 1 is 1.21 bits per heavy atom. The number of likely N-dealkylation sites (tertiary alicyclic amines) is 1. The van der Waals surface area contributed by atoms with Gasteiger partial charge >= 0.3 is 0 Å². The van der Waals surface area contributed by atoms with Crippen LogP contribution < -0.4 is 10.6 Å². The Hall–Kier alpha value is -2.41. The van der Waals surface area contributed by atoms with Crippen LogP contribution in [-0.2, 0) is 16.1 Å². The van der Waals surface area contributed by atoms with Crippen LogP contribution in [0.4, 0.5) is 5.69 Å². The van der Waals surface area contributed by atoms with Crippen molar-refractivity contribution in [2.45, 2.75) is 25.4 Å². The summed E-state index contributed by atoms with van der Waals surface area (Å²) in [7, 11) is 1.57. The minimum absolute atomic E-state index is 0.0493. The molecule has 2 aromatic rings. The molecule has 1 atom stereocenters. The van der Waals surface area contributed by atoms with Crippen LogP contribution in [0.15, 0.2) is 48.5 Å². The Bertz CT molecular complexity index is 844. The molecule has 0 radical (unpaired) electrons. The molecular weight excluding hydrogens is 390 g/mol. The maximum absolute atomic E-state index is 12.8. The van der Waals surface area contributed by atoms with Crippen LogP contribution >= 0.6 is 11.6 Å². The maximum Gasteiger partial charge on any atom is 0.252 e. The number of anilines is 1. The second-order valence-corrected chi connectivity index (χ2v) is 7.45. The van der Waals surface area contributed by atoms with Gasteiger partial charge in [0.15, 0.2) is 0 Å². The number of nitrogens with zero attached hydrogens (tertiary/aromatic N) is 1. The Balaban J connectivity index is 1.61. The van der Waals surface area contributed by atoms with Crippen LogP contribution in [-0.4, -0.2) is 49.6 Å². The number of nitrogens with one attached hydrogen (secondary N) is 2. The first-order chi connectivity index (χ1) is 14.1. The first-order valence-corrected chi connectivity index (χ1v) is 10.1. The summed E-state index contributed by atoms with van der Waals surface area (Å²) >= 11 is 6.26. The Labute approximate surface area is 176 Å². The molecule has 0 aromatic heterocycles. The molecule has 0 aliphatic carbocycles. The molecule has 0 bridgehead atoms. The topological polar surface area (TPSA) is 70.7 Å². The lowest BCUT2D eigenvalue weighted by Gasteiger charge is -2.23. The highest BCUT2D eigenvalue weighted by Gasteiger charge is 2.30. The van der Waals surface area contributed by atoms with Crippen LogP contribution in [0.1, 0.15) is 28.8 Å². The van der Waals surface area contributed by atoms with Crippen LogP contribution in [0.2, 0.25) is 5.02 Å². The van der Waals surface area contributed by atoms with Gasteiger partial charge < -0.3 is 15.4 Å². The van der Waals surface area contributed by atoms with E-state index in [1.54, 1.807) is 25.3 Å². The maximum atomic E-state index is 12.8. The van der Waals surface area contributed by atoms with Crippen LogP contribution in [0.5, 0.6) is 0 Å². The fourth-order valence-corrected chi connectivity index (χ4v) is 3.76. The molecular formula is C22H26ClN3O3. The van der Waals surface area contributed by atoms with Gasteiger partial charge in [-0.25, -0.2) is 0 Å². The van der Waals surface area contributed by atoms with Gasteiger partial charge in [-0.2, -0.15) is 0 Å². The highest BCUT2D eigenvalue weighted by atomic mass is 35.5. The molecule has 2 N–H and O–H groups in total. The molecule has 1 aliphatic heterocycles. The number of ether oxygens (including phenoxy) is 1. The Kier molecular flexibility index (Phi) is 7.63. The van der Waals surface area contributed by atoms with Crippen molar-refractivity contribution in [1.82, 2.24) is 10.2 Å². The molecule has 3 rings (SSSR count). The van der Waals surface area contributed by atoms with Crippen molar-refractivity contribution >= 4 is 29.1 Å². The lowest BCUT2D eigenvalue weighted by Crippen LogP contribution is -2.39. The van der Waals surface area contributed by atoms with Crippen molar-refractivity contribution in [2.75, 3.05) is 32.1 Å². The van der Waals surface area contributed by atoms with Crippen LogP contribution in [0.3, 0.4) is 0 Å². The highest BCUT2D eigenvalue weighted by molar-refractivity contribution is 6.34. The summed E-state index contributed by atoms with van der Waals surface area (Å²) in [5.41, 5.74) is 2.14. The summed E-state index contributed by atoms with van der Waals surface area (Å²) in [6.45, 7) is 2.48. The van der Waals surface area contributed by atoms with Crippen molar-refractivity contribution in [3.8, 4) is 0 Å². The molecule has 154 valence electrons. The fraction of sp³-hybridized carbons (Fsp3) is 0.364. The zero-order valence-electron chi connectivity index (χ0n) is 16.5. The molecule has 2 amide bonds. The van der Waals surface area contributed by atoms with Crippen molar-refractivity contribution in [3.63, 3.8) is 0 Å². The standard InChI is InChI=1S/C22H26ClN3O3/c1-29-13-11-24-21(27)18-10-9-17(14-19(18)23)25-22(28)20-8-5-12-26(20)15-16-6-3-2-4-7-16/h2-4,6-7,9-10,14,20H,5,8,11-13,15H2,1H3,(H,24,27)(H,25,28). The Morgan fingerprint density at radius 2 is 2.00 bits per heavy atom. The fourth-order valence-electron chi connectivity index (χ4n) is 3.49.